The summed E-state index contributed by atoms with van der Waals surface area (Å²) in [4.78, 5) is 1.74. The molecule has 1 N–H and O–H groups in total. The molecule has 1 aliphatic heterocycles. The van der Waals surface area contributed by atoms with Gasteiger partial charge in [-0.15, -0.1) is 0 Å². The van der Waals surface area contributed by atoms with Gasteiger partial charge in [0, 0.05) is 0 Å². The highest BCUT2D eigenvalue weighted by Crippen LogP contribution is 2.10. The van der Waals surface area contributed by atoms with Crippen molar-refractivity contribution in [1.82, 2.24) is 0 Å². The zero-order chi connectivity index (χ0) is 13.0. The molecular weight excluding hydrogens is 250 g/mol. The molecule has 0 spiro atoms. The van der Waals surface area contributed by atoms with Gasteiger partial charge < -0.3 is 9.64 Å². The Hall–Kier alpha value is -0.910. The van der Waals surface area contributed by atoms with Gasteiger partial charge in [-0.25, -0.2) is 8.42 Å². The van der Waals surface area contributed by atoms with Crippen molar-refractivity contribution in [1.29, 1.82) is 0 Å². The maximum atomic E-state index is 12.2. The predicted molar refractivity (Wildman–Crippen MR) is 69.5 cm³/mol. The number of quaternary nitrogens is 1. The molecule has 1 unspecified atom stereocenters. The van der Waals surface area contributed by atoms with E-state index < -0.39 is 9.84 Å². The number of rotatable bonds is 4. The second-order valence-electron chi connectivity index (χ2n) is 4.77. The van der Waals surface area contributed by atoms with E-state index in [9.17, 15) is 8.42 Å². The van der Waals surface area contributed by atoms with Crippen molar-refractivity contribution in [3.05, 3.63) is 30.3 Å². The molecule has 1 aromatic carbocycles. The summed E-state index contributed by atoms with van der Waals surface area (Å²) in [6.07, 6.45) is 0. The van der Waals surface area contributed by atoms with Gasteiger partial charge in [0.05, 0.1) is 24.2 Å². The zero-order valence-corrected chi connectivity index (χ0v) is 11.4. The minimum atomic E-state index is -3.17. The van der Waals surface area contributed by atoms with Crippen molar-refractivity contribution in [2.75, 3.05) is 32.1 Å². The standard InChI is InChI=1S/C13H19NO3S/c1-12(14-7-9-17-10-8-14)11-18(15,16)13-5-3-2-4-6-13/h2-6,12H,7-11H2,1H3/p+1. The molecule has 18 heavy (non-hydrogen) atoms. The first kappa shape index (κ1) is 13.5. The van der Waals surface area contributed by atoms with Gasteiger partial charge in [0.1, 0.15) is 18.8 Å². The molecule has 0 aliphatic carbocycles. The van der Waals surface area contributed by atoms with Crippen LogP contribution in [0.3, 0.4) is 0 Å². The van der Waals surface area contributed by atoms with E-state index in [-0.39, 0.29) is 11.8 Å². The summed E-state index contributed by atoms with van der Waals surface area (Å²) >= 11 is 0. The highest BCUT2D eigenvalue weighted by Gasteiger charge is 2.26. The lowest BCUT2D eigenvalue weighted by molar-refractivity contribution is -0.928. The zero-order valence-electron chi connectivity index (χ0n) is 10.6. The smallest absolute Gasteiger partial charge is 0.184 e. The van der Waals surface area contributed by atoms with Gasteiger partial charge in [0.2, 0.25) is 0 Å². The van der Waals surface area contributed by atoms with Crippen molar-refractivity contribution in [3.8, 4) is 0 Å². The number of sulfone groups is 1. The Bertz CT molecular complexity index is 466. The fraction of sp³-hybridized carbons (Fsp3) is 0.538. The van der Waals surface area contributed by atoms with Crippen molar-refractivity contribution < 1.29 is 18.1 Å². The van der Waals surface area contributed by atoms with Gasteiger partial charge in [0.15, 0.2) is 9.84 Å². The normalized spacial score (nSPS) is 19.6. The van der Waals surface area contributed by atoms with Crippen LogP contribution in [0.15, 0.2) is 35.2 Å². The number of hydrogen-bond acceptors (Lipinski definition) is 3. The lowest BCUT2D eigenvalue weighted by Crippen LogP contribution is -3.17. The average molecular weight is 270 g/mol. The quantitative estimate of drug-likeness (QED) is 0.822. The summed E-state index contributed by atoms with van der Waals surface area (Å²) < 4.78 is 29.8. The topological polar surface area (TPSA) is 47.8 Å². The molecule has 1 heterocycles. The van der Waals surface area contributed by atoms with Crippen molar-refractivity contribution in [3.63, 3.8) is 0 Å². The summed E-state index contributed by atoms with van der Waals surface area (Å²) in [6.45, 7) is 5.24. The lowest BCUT2D eigenvalue weighted by Gasteiger charge is -2.29. The Morgan fingerprint density at radius 2 is 1.83 bits per heavy atom. The number of benzene rings is 1. The average Bonchev–Trinajstić information content (AvgIpc) is 2.40. The molecule has 2 rings (SSSR count). The van der Waals surface area contributed by atoms with E-state index in [2.05, 4.69) is 0 Å². The third-order valence-electron chi connectivity index (χ3n) is 3.40. The minimum Gasteiger partial charge on any atom is -0.370 e. The molecule has 100 valence electrons. The van der Waals surface area contributed by atoms with E-state index >= 15 is 0 Å². The van der Waals surface area contributed by atoms with E-state index in [0.29, 0.717) is 4.90 Å². The highest BCUT2D eigenvalue weighted by atomic mass is 32.2. The first-order chi connectivity index (χ1) is 8.59. The lowest BCUT2D eigenvalue weighted by atomic mass is 10.3. The second kappa shape index (κ2) is 5.82. The van der Waals surface area contributed by atoms with Gasteiger partial charge in [-0.1, -0.05) is 18.2 Å². The Labute approximate surface area is 108 Å². The molecule has 5 heteroatoms. The van der Waals surface area contributed by atoms with E-state index in [1.807, 2.05) is 13.0 Å². The molecule has 0 saturated carbocycles. The number of ether oxygens (including phenoxy) is 1. The molecule has 0 bridgehead atoms. The second-order valence-corrected chi connectivity index (χ2v) is 6.80. The predicted octanol–water partition coefficient (Wildman–Crippen LogP) is -0.236. The Balaban J connectivity index is 2.04. The Morgan fingerprint density at radius 3 is 2.44 bits per heavy atom. The van der Waals surface area contributed by atoms with Crippen molar-refractivity contribution >= 4 is 9.84 Å². The summed E-state index contributed by atoms with van der Waals surface area (Å²) in [5, 5.41) is 0. The molecular formula is C13H20NO3S+. The third kappa shape index (κ3) is 3.31. The highest BCUT2D eigenvalue weighted by molar-refractivity contribution is 7.91. The van der Waals surface area contributed by atoms with Gasteiger partial charge >= 0.3 is 0 Å². The van der Waals surface area contributed by atoms with Crippen molar-refractivity contribution in [2.24, 2.45) is 0 Å². The van der Waals surface area contributed by atoms with Crippen LogP contribution in [0.25, 0.3) is 0 Å². The van der Waals surface area contributed by atoms with Gasteiger partial charge in [-0.05, 0) is 19.1 Å². The van der Waals surface area contributed by atoms with Crippen LogP contribution in [-0.4, -0.2) is 46.5 Å². The van der Waals surface area contributed by atoms with Crippen molar-refractivity contribution in [2.45, 2.75) is 17.9 Å². The van der Waals surface area contributed by atoms with Crippen LogP contribution in [0, 0.1) is 0 Å². The van der Waals surface area contributed by atoms with Gasteiger partial charge in [-0.3, -0.25) is 0 Å². The number of morpholine rings is 1. The molecule has 0 radical (unpaired) electrons. The van der Waals surface area contributed by atoms with Crippen LogP contribution < -0.4 is 4.90 Å². The van der Waals surface area contributed by atoms with Crippen LogP contribution >= 0.6 is 0 Å². The minimum absolute atomic E-state index is 0.110. The molecule has 0 amide bonds. The van der Waals surface area contributed by atoms with E-state index in [1.165, 1.54) is 4.90 Å². The maximum absolute atomic E-state index is 12.2. The maximum Gasteiger partial charge on any atom is 0.184 e. The summed E-state index contributed by atoms with van der Waals surface area (Å²) in [5.41, 5.74) is 0. The molecule has 1 fully saturated rings. The monoisotopic (exact) mass is 270 g/mol. The summed E-state index contributed by atoms with van der Waals surface area (Å²) in [6, 6.07) is 8.79. The van der Waals surface area contributed by atoms with E-state index in [1.54, 1.807) is 24.3 Å². The molecule has 1 aromatic rings. The molecule has 1 atom stereocenters. The summed E-state index contributed by atoms with van der Waals surface area (Å²) in [7, 11) is -3.17. The van der Waals surface area contributed by atoms with Crippen LogP contribution in [0.5, 0.6) is 0 Å². The fourth-order valence-corrected chi connectivity index (χ4v) is 3.96. The van der Waals surface area contributed by atoms with E-state index in [0.717, 1.165) is 26.3 Å². The van der Waals surface area contributed by atoms with Gasteiger partial charge in [-0.2, -0.15) is 0 Å². The fourth-order valence-electron chi connectivity index (χ4n) is 2.30. The largest absolute Gasteiger partial charge is 0.370 e. The van der Waals surface area contributed by atoms with E-state index in [4.69, 9.17) is 4.74 Å². The van der Waals surface area contributed by atoms with Crippen LogP contribution in [0.2, 0.25) is 0 Å². The SMILES string of the molecule is CC(CS(=O)(=O)c1ccccc1)[NH+]1CCOCC1. The third-order valence-corrected chi connectivity index (χ3v) is 5.33. The van der Waals surface area contributed by atoms with Gasteiger partial charge in [0.25, 0.3) is 0 Å². The molecule has 0 aromatic heterocycles. The van der Waals surface area contributed by atoms with Crippen LogP contribution in [-0.2, 0) is 14.6 Å². The number of hydrogen-bond donors (Lipinski definition) is 1. The first-order valence-electron chi connectivity index (χ1n) is 6.30. The van der Waals surface area contributed by atoms with Crippen LogP contribution in [0.1, 0.15) is 6.92 Å². The molecule has 1 aliphatic rings. The molecule has 4 nitrogen and oxygen atoms in total. The Morgan fingerprint density at radius 1 is 1.22 bits per heavy atom. The molecule has 1 saturated heterocycles. The number of nitrogens with one attached hydrogen (secondary N) is 1. The van der Waals surface area contributed by atoms with Crippen LogP contribution in [0.4, 0.5) is 0 Å². The Kier molecular flexibility index (Phi) is 4.37. The summed E-state index contributed by atoms with van der Waals surface area (Å²) in [5.74, 6) is 0.201. The first-order valence-corrected chi connectivity index (χ1v) is 7.95.